The molecule has 2 atom stereocenters. The second kappa shape index (κ2) is 8.19. The van der Waals surface area contributed by atoms with E-state index in [1.165, 1.54) is 0 Å². The monoisotopic (exact) mass is 384 g/mol. The van der Waals surface area contributed by atoms with Crippen LogP contribution in [0.1, 0.15) is 45.2 Å². The summed E-state index contributed by atoms with van der Waals surface area (Å²) in [5.41, 5.74) is 0.191. The Morgan fingerprint density at radius 3 is 2.57 bits per heavy atom. The van der Waals surface area contributed by atoms with E-state index in [2.05, 4.69) is 5.32 Å². The average Bonchev–Trinajstić information content (AvgIpc) is 2.60. The van der Waals surface area contributed by atoms with E-state index < -0.39 is 23.7 Å². The Morgan fingerprint density at radius 1 is 1.18 bits per heavy atom. The Bertz CT molecular complexity index is 859. The molecule has 1 heterocycles. The number of carboxylic acid groups (broad SMARTS) is 1. The lowest BCUT2D eigenvalue weighted by atomic mass is 9.97. The molecule has 3 rings (SSSR count). The van der Waals surface area contributed by atoms with E-state index in [9.17, 15) is 14.7 Å². The highest BCUT2D eigenvalue weighted by Gasteiger charge is 2.33. The number of fused-ring (bicyclic) bond motifs is 1. The molecule has 2 aromatic carbocycles. The number of carboxylic acids is 1. The molecule has 0 saturated carbocycles. The fourth-order valence-corrected chi connectivity index (χ4v) is 3.72. The van der Waals surface area contributed by atoms with E-state index in [0.29, 0.717) is 13.1 Å². The number of alkyl carbamates (subject to hydrolysis) is 1. The maximum atomic E-state index is 12.1. The minimum absolute atomic E-state index is 0.133. The lowest BCUT2D eigenvalue weighted by molar-refractivity contribution is -0.144. The minimum atomic E-state index is -0.881. The molecule has 0 bridgehead atoms. The molecule has 2 unspecified atom stereocenters. The predicted molar refractivity (Wildman–Crippen MR) is 108 cm³/mol. The summed E-state index contributed by atoms with van der Waals surface area (Å²) >= 11 is 0. The first-order chi connectivity index (χ1) is 13.2. The zero-order valence-electron chi connectivity index (χ0n) is 16.6. The number of rotatable bonds is 4. The molecule has 0 aliphatic carbocycles. The van der Waals surface area contributed by atoms with Crippen molar-refractivity contribution in [2.75, 3.05) is 13.1 Å². The van der Waals surface area contributed by atoms with E-state index >= 15 is 0 Å². The van der Waals surface area contributed by atoms with Crippen LogP contribution in [0.2, 0.25) is 0 Å². The van der Waals surface area contributed by atoms with Crippen molar-refractivity contribution in [2.24, 2.45) is 0 Å². The molecule has 1 saturated heterocycles. The quantitative estimate of drug-likeness (QED) is 0.834. The Morgan fingerprint density at radius 2 is 1.89 bits per heavy atom. The number of carbonyl (C=O) groups excluding carboxylic acids is 1. The van der Waals surface area contributed by atoms with E-state index in [1.54, 1.807) is 0 Å². The van der Waals surface area contributed by atoms with Crippen LogP contribution in [0.15, 0.2) is 42.5 Å². The largest absolute Gasteiger partial charge is 0.480 e. The first-order valence-electron chi connectivity index (χ1n) is 9.68. The zero-order valence-corrected chi connectivity index (χ0v) is 16.6. The summed E-state index contributed by atoms with van der Waals surface area (Å²) in [6, 6.07) is 12.8. The van der Waals surface area contributed by atoms with Crippen LogP contribution in [0.5, 0.6) is 0 Å². The Kier molecular flexibility index (Phi) is 5.89. The number of likely N-dealkylation sites (tertiary alicyclic amines) is 1. The molecule has 1 aliphatic heterocycles. The molecule has 6 heteroatoms. The molecule has 6 nitrogen and oxygen atoms in total. The van der Waals surface area contributed by atoms with Gasteiger partial charge in [0.2, 0.25) is 0 Å². The van der Waals surface area contributed by atoms with Gasteiger partial charge in [-0.05, 0) is 62.6 Å². The molecule has 0 radical (unpaired) electrons. The molecule has 2 aromatic rings. The molecule has 1 fully saturated rings. The predicted octanol–water partition coefficient (Wildman–Crippen LogP) is 3.95. The number of amides is 1. The van der Waals surface area contributed by atoms with Crippen molar-refractivity contribution < 1.29 is 19.4 Å². The van der Waals surface area contributed by atoms with E-state index in [-0.39, 0.29) is 6.04 Å². The molecule has 1 amide bonds. The highest BCUT2D eigenvalue weighted by Crippen LogP contribution is 2.28. The molecular formula is C22H28N2O4. The average molecular weight is 384 g/mol. The first kappa shape index (κ1) is 20.1. The Labute approximate surface area is 165 Å². The van der Waals surface area contributed by atoms with Gasteiger partial charge in [-0.1, -0.05) is 36.4 Å². The molecule has 2 N–H and O–H groups in total. The van der Waals surface area contributed by atoms with Gasteiger partial charge in [0.1, 0.15) is 11.6 Å². The van der Waals surface area contributed by atoms with Gasteiger partial charge >= 0.3 is 12.1 Å². The number of carbonyl (C=O) groups is 2. The summed E-state index contributed by atoms with van der Waals surface area (Å²) in [4.78, 5) is 26.1. The SMILES string of the molecule is CC(C)(C)OC(=O)NC1CCCN(C(C(=O)O)c2ccc3ccccc3c2)C1. The topological polar surface area (TPSA) is 78.9 Å². The Balaban J connectivity index is 1.76. The molecule has 1 aliphatic rings. The third kappa shape index (κ3) is 5.01. The normalized spacial score (nSPS) is 19.2. The third-order valence-electron chi connectivity index (χ3n) is 4.86. The van der Waals surface area contributed by atoms with E-state index in [0.717, 1.165) is 29.2 Å². The van der Waals surface area contributed by atoms with Gasteiger partial charge in [-0.15, -0.1) is 0 Å². The third-order valence-corrected chi connectivity index (χ3v) is 4.86. The van der Waals surface area contributed by atoms with Crippen LogP contribution < -0.4 is 5.32 Å². The number of hydrogen-bond acceptors (Lipinski definition) is 4. The van der Waals surface area contributed by atoms with Crippen LogP contribution in [-0.4, -0.2) is 46.8 Å². The standard InChI is InChI=1S/C22H28N2O4/c1-22(2,3)28-21(27)23-18-9-6-12-24(14-18)19(20(25)26)17-11-10-15-7-4-5-8-16(15)13-17/h4-5,7-8,10-11,13,18-19H,6,9,12,14H2,1-3H3,(H,23,27)(H,25,26). The molecular weight excluding hydrogens is 356 g/mol. The summed E-state index contributed by atoms with van der Waals surface area (Å²) in [7, 11) is 0. The fourth-order valence-electron chi connectivity index (χ4n) is 3.72. The zero-order chi connectivity index (χ0) is 20.3. The van der Waals surface area contributed by atoms with Crippen molar-refractivity contribution in [1.82, 2.24) is 10.2 Å². The van der Waals surface area contributed by atoms with E-state index in [4.69, 9.17) is 4.74 Å². The summed E-state index contributed by atoms with van der Waals surface area (Å²) in [6.45, 7) is 6.61. The van der Waals surface area contributed by atoms with Gasteiger partial charge in [0.05, 0.1) is 0 Å². The molecule has 150 valence electrons. The van der Waals surface area contributed by atoms with Crippen molar-refractivity contribution >= 4 is 22.8 Å². The van der Waals surface area contributed by atoms with Crippen LogP contribution in [0.3, 0.4) is 0 Å². The van der Waals surface area contributed by atoms with Gasteiger partial charge in [0, 0.05) is 12.6 Å². The highest BCUT2D eigenvalue weighted by atomic mass is 16.6. The lowest BCUT2D eigenvalue weighted by Crippen LogP contribution is -2.50. The van der Waals surface area contributed by atoms with Crippen LogP contribution in [0.4, 0.5) is 4.79 Å². The van der Waals surface area contributed by atoms with Crippen LogP contribution >= 0.6 is 0 Å². The van der Waals surface area contributed by atoms with Gasteiger partial charge in [0.25, 0.3) is 0 Å². The van der Waals surface area contributed by atoms with E-state index in [1.807, 2.05) is 68.1 Å². The second-order valence-corrected chi connectivity index (χ2v) is 8.33. The van der Waals surface area contributed by atoms with Crippen molar-refractivity contribution in [3.8, 4) is 0 Å². The van der Waals surface area contributed by atoms with Gasteiger partial charge < -0.3 is 15.2 Å². The molecule has 0 spiro atoms. The number of hydrogen-bond donors (Lipinski definition) is 2. The maximum Gasteiger partial charge on any atom is 0.407 e. The number of nitrogens with zero attached hydrogens (tertiary/aromatic N) is 1. The van der Waals surface area contributed by atoms with Crippen molar-refractivity contribution in [2.45, 2.75) is 51.3 Å². The number of benzene rings is 2. The van der Waals surface area contributed by atoms with Crippen molar-refractivity contribution in [3.63, 3.8) is 0 Å². The summed E-state index contributed by atoms with van der Waals surface area (Å²) in [5, 5.41) is 14.9. The summed E-state index contributed by atoms with van der Waals surface area (Å²) in [6.07, 6.45) is 1.16. The summed E-state index contributed by atoms with van der Waals surface area (Å²) in [5.74, 6) is -0.881. The minimum Gasteiger partial charge on any atom is -0.480 e. The number of nitrogens with one attached hydrogen (secondary N) is 1. The molecule has 28 heavy (non-hydrogen) atoms. The smallest absolute Gasteiger partial charge is 0.407 e. The van der Waals surface area contributed by atoms with Crippen molar-refractivity contribution in [3.05, 3.63) is 48.0 Å². The maximum absolute atomic E-state index is 12.1. The van der Waals surface area contributed by atoms with Crippen LogP contribution in [0, 0.1) is 0 Å². The highest BCUT2D eigenvalue weighted by molar-refractivity contribution is 5.85. The first-order valence-corrected chi connectivity index (χ1v) is 9.68. The Hall–Kier alpha value is -2.60. The second-order valence-electron chi connectivity index (χ2n) is 8.33. The number of aliphatic carboxylic acids is 1. The van der Waals surface area contributed by atoms with Gasteiger partial charge in [-0.25, -0.2) is 4.79 Å². The van der Waals surface area contributed by atoms with Crippen molar-refractivity contribution in [1.29, 1.82) is 0 Å². The van der Waals surface area contributed by atoms with Gasteiger partial charge in [-0.2, -0.15) is 0 Å². The van der Waals surface area contributed by atoms with Crippen LogP contribution in [0.25, 0.3) is 10.8 Å². The number of piperidine rings is 1. The molecule has 0 aromatic heterocycles. The van der Waals surface area contributed by atoms with Gasteiger partial charge in [-0.3, -0.25) is 9.69 Å². The number of ether oxygens (including phenoxy) is 1. The summed E-state index contributed by atoms with van der Waals surface area (Å²) < 4.78 is 5.33. The lowest BCUT2D eigenvalue weighted by Gasteiger charge is -2.37. The fraction of sp³-hybridized carbons (Fsp3) is 0.455. The van der Waals surface area contributed by atoms with Gasteiger partial charge in [0.15, 0.2) is 0 Å². The van der Waals surface area contributed by atoms with Crippen LogP contribution in [-0.2, 0) is 9.53 Å².